The first kappa shape index (κ1) is 18.9. The molecule has 2 aliphatic heterocycles. The van der Waals surface area contributed by atoms with E-state index in [2.05, 4.69) is 33.0 Å². The van der Waals surface area contributed by atoms with Crippen LogP contribution in [-0.2, 0) is 4.79 Å². The van der Waals surface area contributed by atoms with E-state index >= 15 is 0 Å². The molecular formula is C20H21ClN4O2. The van der Waals surface area contributed by atoms with E-state index in [0.717, 1.165) is 31.9 Å². The van der Waals surface area contributed by atoms with Crippen LogP contribution in [0.3, 0.4) is 0 Å². The number of carbonyl (C=O) groups is 2. The van der Waals surface area contributed by atoms with E-state index in [1.165, 1.54) is 5.69 Å². The summed E-state index contributed by atoms with van der Waals surface area (Å²) in [7, 11) is 0. The number of piperazine rings is 1. The third-order valence-electron chi connectivity index (χ3n) is 4.67. The van der Waals surface area contributed by atoms with E-state index in [1.54, 1.807) is 24.4 Å². The monoisotopic (exact) mass is 384 g/mol. The Balaban J connectivity index is 0.00000210. The predicted molar refractivity (Wildman–Crippen MR) is 109 cm³/mol. The van der Waals surface area contributed by atoms with Crippen LogP contribution in [-0.4, -0.2) is 38.0 Å². The van der Waals surface area contributed by atoms with Gasteiger partial charge in [0.1, 0.15) is 0 Å². The van der Waals surface area contributed by atoms with Gasteiger partial charge >= 0.3 is 0 Å². The molecule has 0 radical (unpaired) electrons. The van der Waals surface area contributed by atoms with Crippen molar-refractivity contribution in [2.24, 2.45) is 0 Å². The summed E-state index contributed by atoms with van der Waals surface area (Å²) >= 11 is 0. The maximum atomic E-state index is 12.2. The molecule has 0 aromatic heterocycles. The van der Waals surface area contributed by atoms with Crippen molar-refractivity contribution >= 4 is 41.2 Å². The van der Waals surface area contributed by atoms with Gasteiger partial charge in [-0.25, -0.2) is 0 Å². The average Bonchev–Trinajstić information content (AvgIpc) is 2.69. The summed E-state index contributed by atoms with van der Waals surface area (Å²) in [4.78, 5) is 26.5. The van der Waals surface area contributed by atoms with E-state index in [9.17, 15) is 9.59 Å². The van der Waals surface area contributed by atoms with E-state index < -0.39 is 5.91 Å². The first-order chi connectivity index (χ1) is 12.7. The summed E-state index contributed by atoms with van der Waals surface area (Å²) in [5, 5.41) is 8.89. The number of benzene rings is 2. The SMILES string of the molecule is Cl.O=C1NC(=O)c2ccccc2/C1=C/Nc1ccc(N2CCNCC2)cc1. The first-order valence-corrected chi connectivity index (χ1v) is 8.70. The van der Waals surface area contributed by atoms with Gasteiger partial charge in [0.05, 0.1) is 5.57 Å². The topological polar surface area (TPSA) is 73.5 Å². The number of rotatable bonds is 3. The number of halogens is 1. The Morgan fingerprint density at radius 3 is 2.26 bits per heavy atom. The van der Waals surface area contributed by atoms with Crippen molar-refractivity contribution in [1.82, 2.24) is 10.6 Å². The van der Waals surface area contributed by atoms with Crippen molar-refractivity contribution in [1.29, 1.82) is 0 Å². The molecular weight excluding hydrogens is 364 g/mol. The van der Waals surface area contributed by atoms with Gasteiger partial charge in [-0.05, 0) is 30.3 Å². The lowest BCUT2D eigenvalue weighted by molar-refractivity contribution is -0.114. The Labute approximate surface area is 164 Å². The van der Waals surface area contributed by atoms with Crippen molar-refractivity contribution < 1.29 is 9.59 Å². The number of hydrogen-bond acceptors (Lipinski definition) is 5. The molecule has 6 nitrogen and oxygen atoms in total. The summed E-state index contributed by atoms with van der Waals surface area (Å²) in [6.07, 6.45) is 1.65. The molecule has 0 saturated carbocycles. The van der Waals surface area contributed by atoms with Crippen molar-refractivity contribution in [2.75, 3.05) is 36.4 Å². The second kappa shape index (κ2) is 8.24. The highest BCUT2D eigenvalue weighted by atomic mass is 35.5. The minimum atomic E-state index is -0.390. The second-order valence-corrected chi connectivity index (χ2v) is 6.32. The Hall–Kier alpha value is -2.83. The molecule has 2 heterocycles. The molecule has 1 fully saturated rings. The Bertz CT molecular complexity index is 874. The third kappa shape index (κ3) is 3.97. The fourth-order valence-electron chi connectivity index (χ4n) is 3.27. The zero-order chi connectivity index (χ0) is 17.9. The number of carbonyl (C=O) groups excluding carboxylic acids is 2. The molecule has 2 aliphatic rings. The van der Waals surface area contributed by atoms with E-state index in [-0.39, 0.29) is 18.3 Å². The van der Waals surface area contributed by atoms with Crippen LogP contribution >= 0.6 is 12.4 Å². The van der Waals surface area contributed by atoms with E-state index in [0.29, 0.717) is 16.7 Å². The zero-order valence-electron chi connectivity index (χ0n) is 14.7. The smallest absolute Gasteiger partial charge is 0.260 e. The minimum absolute atomic E-state index is 0. The summed E-state index contributed by atoms with van der Waals surface area (Å²) in [5.41, 5.74) is 3.68. The van der Waals surface area contributed by atoms with Crippen molar-refractivity contribution in [2.45, 2.75) is 0 Å². The second-order valence-electron chi connectivity index (χ2n) is 6.32. The summed E-state index contributed by atoms with van der Waals surface area (Å²) in [6.45, 7) is 4.00. The molecule has 4 rings (SSSR count). The van der Waals surface area contributed by atoms with E-state index in [1.807, 2.05) is 18.2 Å². The van der Waals surface area contributed by atoms with Crippen LogP contribution in [0.5, 0.6) is 0 Å². The standard InChI is InChI=1S/C20H20N4O2.ClH/c25-19-17-4-2-1-3-16(17)18(20(26)23-19)13-22-14-5-7-15(8-6-14)24-11-9-21-10-12-24;/h1-8,13,21-22H,9-12H2,(H,23,25,26);1H/b18-13-;. The molecule has 1 saturated heterocycles. The molecule has 27 heavy (non-hydrogen) atoms. The fraction of sp³-hybridized carbons (Fsp3) is 0.200. The van der Waals surface area contributed by atoms with Crippen LogP contribution in [0.25, 0.3) is 5.57 Å². The van der Waals surface area contributed by atoms with Crippen LogP contribution in [0.2, 0.25) is 0 Å². The van der Waals surface area contributed by atoms with Gasteiger partial charge in [0.15, 0.2) is 0 Å². The molecule has 0 bridgehead atoms. The van der Waals surface area contributed by atoms with Gasteiger partial charge in [0.2, 0.25) is 0 Å². The lowest BCUT2D eigenvalue weighted by Crippen LogP contribution is -2.43. The Morgan fingerprint density at radius 1 is 0.889 bits per heavy atom. The average molecular weight is 385 g/mol. The lowest BCUT2D eigenvalue weighted by atomic mass is 9.96. The van der Waals surface area contributed by atoms with Gasteiger partial charge < -0.3 is 15.5 Å². The Kier molecular flexibility index (Phi) is 5.78. The number of hydrogen-bond donors (Lipinski definition) is 3. The van der Waals surface area contributed by atoms with Crippen molar-refractivity contribution in [3.63, 3.8) is 0 Å². The molecule has 3 N–H and O–H groups in total. The minimum Gasteiger partial charge on any atom is -0.369 e. The van der Waals surface area contributed by atoms with Crippen LogP contribution in [0, 0.1) is 0 Å². The van der Waals surface area contributed by atoms with Crippen molar-refractivity contribution in [3.8, 4) is 0 Å². The fourth-order valence-corrected chi connectivity index (χ4v) is 3.27. The Morgan fingerprint density at radius 2 is 1.56 bits per heavy atom. The maximum Gasteiger partial charge on any atom is 0.260 e. The summed E-state index contributed by atoms with van der Waals surface area (Å²) < 4.78 is 0. The van der Waals surface area contributed by atoms with Gasteiger partial charge in [-0.2, -0.15) is 0 Å². The van der Waals surface area contributed by atoms with Gasteiger partial charge in [0, 0.05) is 54.9 Å². The molecule has 0 aliphatic carbocycles. The van der Waals surface area contributed by atoms with Crippen LogP contribution in [0.1, 0.15) is 15.9 Å². The highest BCUT2D eigenvalue weighted by Gasteiger charge is 2.26. The van der Waals surface area contributed by atoms with Gasteiger partial charge in [-0.1, -0.05) is 18.2 Å². The van der Waals surface area contributed by atoms with Gasteiger partial charge in [0.25, 0.3) is 11.8 Å². The number of anilines is 2. The maximum absolute atomic E-state index is 12.2. The molecule has 2 aromatic carbocycles. The molecule has 2 aromatic rings. The first-order valence-electron chi connectivity index (χ1n) is 8.70. The number of nitrogens with one attached hydrogen (secondary N) is 3. The number of imide groups is 1. The number of amides is 2. The molecule has 7 heteroatoms. The molecule has 140 valence electrons. The van der Waals surface area contributed by atoms with Crippen LogP contribution in [0.4, 0.5) is 11.4 Å². The number of nitrogens with zero attached hydrogens (tertiary/aromatic N) is 1. The van der Waals surface area contributed by atoms with Gasteiger partial charge in [-0.15, -0.1) is 12.4 Å². The highest BCUT2D eigenvalue weighted by Crippen LogP contribution is 2.24. The zero-order valence-corrected chi connectivity index (χ0v) is 15.5. The third-order valence-corrected chi connectivity index (χ3v) is 4.67. The summed E-state index contributed by atoms with van der Waals surface area (Å²) in [5.74, 6) is -0.748. The molecule has 0 atom stereocenters. The normalized spacial score (nSPS) is 17.8. The van der Waals surface area contributed by atoms with Crippen LogP contribution < -0.4 is 20.9 Å². The molecule has 0 spiro atoms. The van der Waals surface area contributed by atoms with Crippen LogP contribution in [0.15, 0.2) is 54.7 Å². The highest BCUT2D eigenvalue weighted by molar-refractivity contribution is 6.31. The number of fused-ring (bicyclic) bond motifs is 1. The van der Waals surface area contributed by atoms with Crippen molar-refractivity contribution in [3.05, 3.63) is 65.9 Å². The van der Waals surface area contributed by atoms with Gasteiger partial charge in [-0.3, -0.25) is 14.9 Å². The summed E-state index contributed by atoms with van der Waals surface area (Å²) in [6, 6.07) is 15.2. The lowest BCUT2D eigenvalue weighted by Gasteiger charge is -2.29. The largest absolute Gasteiger partial charge is 0.369 e. The molecule has 2 amide bonds. The predicted octanol–water partition coefficient (Wildman–Crippen LogP) is 2.24. The van der Waals surface area contributed by atoms with E-state index in [4.69, 9.17) is 0 Å². The molecule has 0 unspecified atom stereocenters. The quantitative estimate of drug-likeness (QED) is 0.559.